The van der Waals surface area contributed by atoms with Gasteiger partial charge in [0.05, 0.1) is 0 Å². The van der Waals surface area contributed by atoms with Crippen molar-refractivity contribution in [3.63, 3.8) is 0 Å². The second-order valence-corrected chi connectivity index (χ2v) is 2.79. The lowest BCUT2D eigenvalue weighted by molar-refractivity contribution is -0.111. The van der Waals surface area contributed by atoms with Gasteiger partial charge in [-0.05, 0) is 0 Å². The van der Waals surface area contributed by atoms with Crippen LogP contribution in [0.4, 0.5) is 17.5 Å². The van der Waals surface area contributed by atoms with E-state index in [0.29, 0.717) is 0 Å². The summed E-state index contributed by atoms with van der Waals surface area (Å²) in [7, 11) is 0. The predicted octanol–water partition coefficient (Wildman–Crippen LogP) is -1.27. The average molecular weight is 193 g/mol. The third-order valence-corrected chi connectivity index (χ3v) is 1.71. The Morgan fingerprint density at radius 2 is 2.29 bits per heavy atom. The van der Waals surface area contributed by atoms with Crippen molar-refractivity contribution in [1.82, 2.24) is 15.0 Å². The van der Waals surface area contributed by atoms with E-state index in [1.54, 1.807) is 0 Å². The van der Waals surface area contributed by atoms with Crippen LogP contribution >= 0.6 is 0 Å². The first-order chi connectivity index (χ1) is 6.58. The Morgan fingerprint density at radius 3 is 2.93 bits per heavy atom. The van der Waals surface area contributed by atoms with Crippen LogP contribution in [0.2, 0.25) is 0 Å². The molecule has 0 fully saturated rings. The second-order valence-electron chi connectivity index (χ2n) is 2.79. The molecule has 0 atom stereocenters. The van der Waals surface area contributed by atoms with Gasteiger partial charge < -0.3 is 5.73 Å². The maximum atomic E-state index is 11.3. The molecule has 0 unspecified atom stereocenters. The number of aromatic amines is 1. The fraction of sp³-hybridized carbons (Fsp3) is 0.143. The summed E-state index contributed by atoms with van der Waals surface area (Å²) < 4.78 is 0. The average Bonchev–Trinajstić information content (AvgIpc) is 2.47. The van der Waals surface area contributed by atoms with Gasteiger partial charge in [0, 0.05) is 6.92 Å². The molecule has 0 amide bonds. The maximum absolute atomic E-state index is 11.3. The van der Waals surface area contributed by atoms with E-state index in [0.717, 1.165) is 0 Å². The summed E-state index contributed by atoms with van der Waals surface area (Å²) in [4.78, 5) is 32.1. The van der Waals surface area contributed by atoms with Crippen molar-refractivity contribution in [1.29, 1.82) is 0 Å². The molecule has 4 N–H and O–H groups in total. The summed E-state index contributed by atoms with van der Waals surface area (Å²) in [6.07, 6.45) is 0. The highest BCUT2D eigenvalue weighted by Gasteiger charge is 2.31. The highest BCUT2D eigenvalue weighted by atomic mass is 16.1. The van der Waals surface area contributed by atoms with E-state index in [4.69, 9.17) is 5.73 Å². The number of nitrogens with one attached hydrogen (secondary N) is 2. The van der Waals surface area contributed by atoms with Gasteiger partial charge in [0.1, 0.15) is 0 Å². The molecule has 1 radical (unpaired) electrons. The van der Waals surface area contributed by atoms with Crippen LogP contribution in [-0.2, 0) is 4.79 Å². The Labute approximate surface area is 78.1 Å². The molecule has 0 saturated heterocycles. The first kappa shape index (κ1) is 8.42. The van der Waals surface area contributed by atoms with Gasteiger partial charge in [-0.2, -0.15) is 0 Å². The molecule has 1 aliphatic heterocycles. The van der Waals surface area contributed by atoms with Crippen LogP contribution in [-0.4, -0.2) is 21.6 Å². The van der Waals surface area contributed by atoms with Crippen LogP contribution in [0.15, 0.2) is 4.79 Å². The van der Waals surface area contributed by atoms with Gasteiger partial charge in [0.15, 0.2) is 0 Å². The Bertz CT molecular complexity index is 501. The van der Waals surface area contributed by atoms with Crippen molar-refractivity contribution >= 4 is 29.1 Å². The highest BCUT2D eigenvalue weighted by Crippen LogP contribution is 2.17. The number of ketones is 1. The Morgan fingerprint density at radius 1 is 1.57 bits per heavy atom. The topological polar surface area (TPSA) is 115 Å². The summed E-state index contributed by atoms with van der Waals surface area (Å²) >= 11 is 0. The van der Waals surface area contributed by atoms with Crippen LogP contribution < -0.4 is 21.6 Å². The monoisotopic (exact) mass is 193 g/mol. The van der Waals surface area contributed by atoms with Crippen LogP contribution in [0.5, 0.6) is 0 Å². The molecule has 0 bridgehead atoms. The van der Waals surface area contributed by atoms with Crippen LogP contribution in [0, 0.1) is 0 Å². The number of aromatic nitrogens is 2. The molecule has 2 rings (SSSR count). The zero-order chi connectivity index (χ0) is 10.3. The smallest absolute Gasteiger partial charge is 0.346 e. The number of anilines is 2. The van der Waals surface area contributed by atoms with Crippen molar-refractivity contribution in [3.8, 4) is 0 Å². The van der Waals surface area contributed by atoms with Crippen LogP contribution in [0.25, 0.3) is 0 Å². The summed E-state index contributed by atoms with van der Waals surface area (Å²) in [6, 6.07) is 0. The van der Waals surface area contributed by atoms with Crippen molar-refractivity contribution in [2.24, 2.45) is 0 Å². The number of hydrogen-bond donors (Lipinski definition) is 3. The number of nitrogens with two attached hydrogens (primary N) is 1. The first-order valence-corrected chi connectivity index (χ1v) is 3.84. The third-order valence-electron chi connectivity index (χ3n) is 1.71. The number of nitrogen functional groups attached to an aromatic ring is 1. The number of rotatable bonds is 1. The number of Topliss-reactive ketones (excluding diaryl/α,β-unsaturated/α-hetero) is 1. The van der Waals surface area contributed by atoms with Crippen LogP contribution in [0.3, 0.4) is 0 Å². The van der Waals surface area contributed by atoms with E-state index in [-0.39, 0.29) is 29.1 Å². The molecule has 1 aromatic rings. The molecule has 0 spiro atoms. The summed E-state index contributed by atoms with van der Waals surface area (Å²) in [5, 5.41) is 2.57. The number of carbonyl (C=O) groups excluding carboxylic acids is 1. The minimum atomic E-state index is -0.437. The lowest BCUT2D eigenvalue weighted by Crippen LogP contribution is -2.22. The normalized spacial score (nSPS) is 13.1. The van der Waals surface area contributed by atoms with E-state index in [1.807, 2.05) is 0 Å². The van der Waals surface area contributed by atoms with E-state index in [1.165, 1.54) is 6.92 Å². The number of hydrogen-bond acceptors (Lipinski definition) is 6. The lowest BCUT2D eigenvalue weighted by atomic mass is 10.4. The van der Waals surface area contributed by atoms with Crippen molar-refractivity contribution < 1.29 is 4.79 Å². The van der Waals surface area contributed by atoms with Gasteiger partial charge in [-0.15, -0.1) is 0 Å². The number of H-pyrrole nitrogens is 1. The summed E-state index contributed by atoms with van der Waals surface area (Å²) in [5.74, 6) is -0.0369. The standard InChI is InChI=1S/C7H7N5O2/c1-2(13)4-9-3-5(10-4)11-7(8)12-6(3)14/h9H,1H3,(H3,8,11,12,14)/q+1. The summed E-state index contributed by atoms with van der Waals surface area (Å²) in [6.45, 7) is 1.34. The highest BCUT2D eigenvalue weighted by molar-refractivity contribution is 6.43. The van der Waals surface area contributed by atoms with Crippen molar-refractivity contribution in [3.05, 3.63) is 10.4 Å². The number of amidine groups is 1. The molecule has 2 heterocycles. The van der Waals surface area contributed by atoms with E-state index in [9.17, 15) is 9.59 Å². The first-order valence-electron chi connectivity index (χ1n) is 3.84. The molecule has 7 nitrogen and oxygen atoms in total. The number of carbonyl (C=O) groups is 1. The lowest BCUT2D eigenvalue weighted by Gasteiger charge is -1.89. The van der Waals surface area contributed by atoms with Crippen molar-refractivity contribution in [2.75, 3.05) is 11.1 Å². The maximum Gasteiger partial charge on any atom is 0.346 e. The zero-order valence-corrected chi connectivity index (χ0v) is 7.29. The van der Waals surface area contributed by atoms with Gasteiger partial charge in [0.2, 0.25) is 11.5 Å². The Hall–Kier alpha value is -2.18. The molecular formula is C7H7N5O2+. The number of nitrogens with zero attached hydrogens (tertiary/aromatic N) is 2. The molecule has 14 heavy (non-hydrogen) atoms. The number of aliphatic imine (C=N–C) groups is 1. The molecule has 0 saturated carbocycles. The largest absolute Gasteiger partial charge is 0.355 e. The van der Waals surface area contributed by atoms with Crippen LogP contribution in [0.1, 0.15) is 6.92 Å². The predicted molar refractivity (Wildman–Crippen MR) is 50.4 cm³/mol. The van der Waals surface area contributed by atoms with E-state index >= 15 is 0 Å². The van der Waals surface area contributed by atoms with E-state index in [2.05, 4.69) is 20.3 Å². The molecule has 0 aliphatic carbocycles. The quantitative estimate of drug-likeness (QED) is 0.514. The fourth-order valence-electron chi connectivity index (χ4n) is 1.09. The Balaban J connectivity index is 2.56. The molecule has 71 valence electrons. The molecule has 0 aromatic carbocycles. The van der Waals surface area contributed by atoms with E-state index < -0.39 is 5.56 Å². The summed E-state index contributed by atoms with van der Waals surface area (Å²) in [5.41, 5.74) is 5.02. The minimum Gasteiger partial charge on any atom is -0.355 e. The minimum absolute atomic E-state index is 0.0240. The fourth-order valence-corrected chi connectivity index (χ4v) is 1.09. The molecule has 7 heteroatoms. The molecule has 1 aliphatic rings. The zero-order valence-electron chi connectivity index (χ0n) is 7.29. The number of fused-ring (bicyclic) bond motifs is 1. The van der Waals surface area contributed by atoms with Gasteiger partial charge in [0.25, 0.3) is 11.5 Å². The van der Waals surface area contributed by atoms with Crippen molar-refractivity contribution in [2.45, 2.75) is 6.92 Å². The second kappa shape index (κ2) is 2.66. The van der Waals surface area contributed by atoms with Gasteiger partial charge in [-0.1, -0.05) is 9.98 Å². The molecule has 1 aromatic heterocycles. The third kappa shape index (κ3) is 1.15. The SMILES string of the molecule is CC(=O)C1=[N+]c2nc(N)[nH]c(=O)c2N1. The molecular weight excluding hydrogens is 186 g/mol. The van der Waals surface area contributed by atoms with Gasteiger partial charge >= 0.3 is 11.7 Å². The Kier molecular flexibility index (Phi) is 1.60. The van der Waals surface area contributed by atoms with Gasteiger partial charge in [-0.25, -0.2) is 0 Å². The van der Waals surface area contributed by atoms with Gasteiger partial charge in [-0.3, -0.25) is 19.9 Å².